The van der Waals surface area contributed by atoms with Gasteiger partial charge in [-0.1, -0.05) is 23.9 Å². The van der Waals surface area contributed by atoms with Crippen molar-refractivity contribution < 1.29 is 32.2 Å². The fourth-order valence-corrected chi connectivity index (χ4v) is 6.88. The molecule has 1 aromatic heterocycles. The van der Waals surface area contributed by atoms with E-state index < -0.39 is 29.4 Å². The zero-order valence-electron chi connectivity index (χ0n) is 22.8. The van der Waals surface area contributed by atoms with Gasteiger partial charge in [-0.15, -0.1) is 13.2 Å². The van der Waals surface area contributed by atoms with Gasteiger partial charge >= 0.3 is 12.4 Å². The summed E-state index contributed by atoms with van der Waals surface area (Å²) < 4.78 is 48.3. The van der Waals surface area contributed by atoms with Gasteiger partial charge in [0, 0.05) is 24.3 Å². The van der Waals surface area contributed by atoms with Crippen LogP contribution in [0.3, 0.4) is 0 Å². The standard InChI is InChI=1S/C29H28F3N5O4S/c1-16-14-18(40-21-7-3-4-8-22(21)41-29(30,31)32)9-10-19(16)37-20-11-12-33-27-23(20)24(35-28(37)39)25(42-27)26(38)34-17-6-5-13-36(2)15-17/h3-4,7-12,14,17,24-25H,5-6,13,15H2,1-2H3,(H,34,38)(H,35,39)/t17?,24?,25-/m1/s1. The molecule has 9 nitrogen and oxygen atoms in total. The van der Waals surface area contributed by atoms with Gasteiger partial charge in [0.2, 0.25) is 5.91 Å². The Morgan fingerprint density at radius 2 is 1.93 bits per heavy atom. The number of ether oxygens (including phenoxy) is 2. The van der Waals surface area contributed by atoms with E-state index in [0.717, 1.165) is 31.5 Å². The topological polar surface area (TPSA) is 96.0 Å². The molecule has 3 atom stereocenters. The molecular weight excluding hydrogens is 571 g/mol. The maximum absolute atomic E-state index is 13.5. The number of nitrogens with zero attached hydrogens (tertiary/aromatic N) is 3. The molecule has 6 rings (SSSR count). The van der Waals surface area contributed by atoms with Crippen LogP contribution >= 0.6 is 11.8 Å². The van der Waals surface area contributed by atoms with Crippen LogP contribution in [0.25, 0.3) is 0 Å². The zero-order valence-corrected chi connectivity index (χ0v) is 23.6. The molecule has 3 amide bonds. The molecule has 0 aliphatic carbocycles. The lowest BCUT2D eigenvalue weighted by atomic mass is 9.98. The van der Waals surface area contributed by atoms with Crippen molar-refractivity contribution in [2.24, 2.45) is 0 Å². The number of thioether (sulfide) groups is 1. The number of benzene rings is 2. The summed E-state index contributed by atoms with van der Waals surface area (Å²) in [6.45, 7) is 3.56. The lowest BCUT2D eigenvalue weighted by Gasteiger charge is -2.35. The average molecular weight is 600 g/mol. The van der Waals surface area contributed by atoms with Crippen molar-refractivity contribution in [1.82, 2.24) is 20.5 Å². The number of halogens is 3. The van der Waals surface area contributed by atoms with Crippen molar-refractivity contribution in [3.8, 4) is 17.2 Å². The predicted molar refractivity (Wildman–Crippen MR) is 150 cm³/mol. The SMILES string of the molecule is Cc1cc(Oc2ccccc2OC(F)(F)F)ccc1N1C(=O)NC2c3c1ccnc3S[C@H]2C(=O)NC1CCCN(C)C1. The van der Waals surface area contributed by atoms with Crippen molar-refractivity contribution >= 4 is 35.1 Å². The Bertz CT molecular complexity index is 1540. The summed E-state index contributed by atoms with van der Waals surface area (Å²) in [6, 6.07) is 11.2. The molecular formula is C29H28F3N5O4S. The van der Waals surface area contributed by atoms with Gasteiger partial charge in [0.25, 0.3) is 0 Å². The van der Waals surface area contributed by atoms with Crippen LogP contribution in [0.4, 0.5) is 29.3 Å². The van der Waals surface area contributed by atoms with Crippen LogP contribution in [0.15, 0.2) is 59.8 Å². The van der Waals surface area contributed by atoms with Crippen LogP contribution in [0.5, 0.6) is 17.2 Å². The van der Waals surface area contributed by atoms with E-state index in [2.05, 4.69) is 25.3 Å². The number of likely N-dealkylation sites (tertiary alicyclic amines) is 1. The van der Waals surface area contributed by atoms with Crippen molar-refractivity contribution in [3.63, 3.8) is 0 Å². The minimum absolute atomic E-state index is 0.0548. The second-order valence-corrected chi connectivity index (χ2v) is 11.6. The number of rotatable bonds is 6. The minimum atomic E-state index is -4.87. The van der Waals surface area contributed by atoms with Gasteiger partial charge in [0.15, 0.2) is 11.5 Å². The van der Waals surface area contributed by atoms with E-state index in [1.807, 2.05) is 7.05 Å². The van der Waals surface area contributed by atoms with E-state index in [4.69, 9.17) is 4.74 Å². The number of aromatic nitrogens is 1. The lowest BCUT2D eigenvalue weighted by molar-refractivity contribution is -0.275. The van der Waals surface area contributed by atoms with E-state index in [1.54, 1.807) is 37.4 Å². The molecule has 2 aromatic carbocycles. The molecule has 220 valence electrons. The third-order valence-electron chi connectivity index (χ3n) is 7.45. The molecule has 4 heterocycles. The smallest absolute Gasteiger partial charge is 0.453 e. The highest BCUT2D eigenvalue weighted by Gasteiger charge is 2.47. The molecule has 2 unspecified atom stereocenters. The third-order valence-corrected chi connectivity index (χ3v) is 8.74. The molecule has 2 N–H and O–H groups in total. The normalized spacial score (nSPS) is 21.9. The number of hydrogen-bond acceptors (Lipinski definition) is 7. The highest BCUT2D eigenvalue weighted by atomic mass is 32.2. The number of aryl methyl sites for hydroxylation is 1. The molecule has 0 spiro atoms. The van der Waals surface area contributed by atoms with Gasteiger partial charge in [0.1, 0.15) is 16.0 Å². The first-order chi connectivity index (χ1) is 20.1. The van der Waals surface area contributed by atoms with E-state index in [1.165, 1.54) is 40.9 Å². The average Bonchev–Trinajstić information content (AvgIpc) is 3.29. The van der Waals surface area contributed by atoms with Crippen LogP contribution in [0.1, 0.15) is 30.0 Å². The van der Waals surface area contributed by atoms with E-state index in [9.17, 15) is 22.8 Å². The number of carbonyl (C=O) groups excluding carboxylic acids is 2. The Morgan fingerprint density at radius 3 is 2.67 bits per heavy atom. The number of anilines is 2. The van der Waals surface area contributed by atoms with Crippen molar-refractivity contribution in [2.75, 3.05) is 25.0 Å². The first kappa shape index (κ1) is 28.2. The number of amides is 3. The summed E-state index contributed by atoms with van der Waals surface area (Å²) in [5, 5.41) is 6.31. The zero-order chi connectivity index (χ0) is 29.6. The Balaban J connectivity index is 1.24. The molecule has 3 aliphatic heterocycles. The number of para-hydroxylation sites is 2. The number of pyridine rings is 1. The number of likely N-dealkylation sites (N-methyl/N-ethyl adjacent to an activating group) is 1. The summed E-state index contributed by atoms with van der Waals surface area (Å²) in [5.74, 6) is -0.429. The van der Waals surface area contributed by atoms with Gasteiger partial charge in [-0.3, -0.25) is 9.69 Å². The minimum Gasteiger partial charge on any atom is -0.453 e. The van der Waals surface area contributed by atoms with E-state index >= 15 is 0 Å². The molecule has 3 aromatic rings. The quantitative estimate of drug-likeness (QED) is 0.377. The summed E-state index contributed by atoms with van der Waals surface area (Å²) in [4.78, 5) is 35.1. The Hall–Kier alpha value is -3.97. The molecule has 0 saturated carbocycles. The van der Waals surface area contributed by atoms with Crippen LogP contribution in [-0.4, -0.2) is 59.6 Å². The fraction of sp³-hybridized carbons (Fsp3) is 0.345. The molecule has 0 radical (unpaired) electrons. The second-order valence-electron chi connectivity index (χ2n) is 10.5. The number of urea groups is 1. The first-order valence-corrected chi connectivity index (χ1v) is 14.3. The van der Waals surface area contributed by atoms with Gasteiger partial charge in [-0.05, 0) is 75.3 Å². The van der Waals surface area contributed by atoms with Gasteiger partial charge < -0.3 is 25.0 Å². The van der Waals surface area contributed by atoms with Crippen molar-refractivity contribution in [1.29, 1.82) is 0 Å². The molecule has 3 aliphatic rings. The highest BCUT2D eigenvalue weighted by molar-refractivity contribution is 8.01. The fourth-order valence-electron chi connectivity index (χ4n) is 5.64. The number of hydrogen-bond donors (Lipinski definition) is 2. The predicted octanol–water partition coefficient (Wildman–Crippen LogP) is 5.67. The Morgan fingerprint density at radius 1 is 1.14 bits per heavy atom. The number of alkyl halides is 3. The Kier molecular flexibility index (Phi) is 7.39. The molecule has 1 saturated heterocycles. The second kappa shape index (κ2) is 11.0. The number of piperidine rings is 1. The first-order valence-electron chi connectivity index (χ1n) is 13.5. The van der Waals surface area contributed by atoms with Crippen LogP contribution < -0.4 is 25.0 Å². The van der Waals surface area contributed by atoms with Gasteiger partial charge in [-0.2, -0.15) is 0 Å². The largest absolute Gasteiger partial charge is 0.573 e. The number of nitrogens with one attached hydrogen (secondary N) is 2. The summed E-state index contributed by atoms with van der Waals surface area (Å²) in [6.07, 6.45) is -1.33. The molecule has 0 bridgehead atoms. The maximum Gasteiger partial charge on any atom is 0.573 e. The molecule has 13 heteroatoms. The lowest BCUT2D eigenvalue weighted by Crippen LogP contribution is -2.52. The van der Waals surface area contributed by atoms with Gasteiger partial charge in [0.05, 0.1) is 17.4 Å². The summed E-state index contributed by atoms with van der Waals surface area (Å²) in [7, 11) is 2.03. The highest BCUT2D eigenvalue weighted by Crippen LogP contribution is 2.51. The molecule has 1 fully saturated rings. The van der Waals surface area contributed by atoms with Gasteiger partial charge in [-0.25, -0.2) is 9.78 Å². The monoisotopic (exact) mass is 599 g/mol. The molecule has 42 heavy (non-hydrogen) atoms. The summed E-state index contributed by atoms with van der Waals surface area (Å²) in [5.41, 5.74) is 2.59. The van der Waals surface area contributed by atoms with Crippen molar-refractivity contribution in [3.05, 3.63) is 65.9 Å². The van der Waals surface area contributed by atoms with Crippen LogP contribution in [0.2, 0.25) is 0 Å². The number of carbonyl (C=O) groups is 2. The third kappa shape index (κ3) is 5.58. The van der Waals surface area contributed by atoms with E-state index in [-0.39, 0.29) is 23.4 Å². The maximum atomic E-state index is 13.5. The van der Waals surface area contributed by atoms with E-state index in [0.29, 0.717) is 22.0 Å². The van der Waals surface area contributed by atoms with Crippen molar-refractivity contribution in [2.45, 2.75) is 48.5 Å². The van der Waals surface area contributed by atoms with Crippen LogP contribution in [-0.2, 0) is 4.79 Å². The summed E-state index contributed by atoms with van der Waals surface area (Å²) >= 11 is 1.34. The Labute approximate surface area is 244 Å². The van der Waals surface area contributed by atoms with Crippen LogP contribution in [0, 0.1) is 6.92 Å².